The Morgan fingerprint density at radius 1 is 0.414 bits per heavy atom. The third-order valence-electron chi connectivity index (χ3n) is 23.9. The Morgan fingerprint density at radius 2 is 0.757 bits per heavy atom. The lowest BCUT2D eigenvalue weighted by Gasteiger charge is -2.33. The van der Waals surface area contributed by atoms with Gasteiger partial charge in [0.15, 0.2) is 17.8 Å². The molecule has 0 amide bonds. The first-order chi connectivity index (χ1) is 66.4. The largest absolute Gasteiger partial charge is 0.493 e. The monoisotopic (exact) mass is 2020 g/mol. The van der Waals surface area contributed by atoms with Crippen LogP contribution in [0.1, 0.15) is 157 Å². The predicted molar refractivity (Wildman–Crippen MR) is 550 cm³/mol. The maximum Gasteiger partial charge on any atom is 0.320 e. The van der Waals surface area contributed by atoms with Crippen molar-refractivity contribution in [2.75, 3.05) is 26.7 Å². The highest BCUT2D eigenvalue weighted by molar-refractivity contribution is 7.59. The number of hydrogen-bond acceptors (Lipinski definition) is 22. The number of aromatic nitrogens is 4. The molecule has 0 aliphatic carbocycles. The van der Waals surface area contributed by atoms with Crippen molar-refractivity contribution in [2.24, 2.45) is 0 Å². The summed E-state index contributed by atoms with van der Waals surface area (Å²) in [5, 5.41) is 51.4. The molecular formula is C106H105Cl4N11O16S3. The van der Waals surface area contributed by atoms with Gasteiger partial charge < -0.3 is 63.3 Å². The molecule has 27 nitrogen and oxygen atoms in total. The lowest BCUT2D eigenvalue weighted by atomic mass is 9.92. The smallest absolute Gasteiger partial charge is 0.320 e. The second kappa shape index (κ2) is 53.2. The van der Waals surface area contributed by atoms with Gasteiger partial charge in [-0.05, 0) is 206 Å². The van der Waals surface area contributed by atoms with Crippen LogP contribution in [0.15, 0.2) is 195 Å². The molecule has 3 saturated heterocycles. The summed E-state index contributed by atoms with van der Waals surface area (Å²) >= 11 is 27.0. The molecule has 34 heteroatoms. The normalized spacial score (nSPS) is 14.2. The minimum absolute atomic E-state index is 0. The number of likely N-dealkylation sites (tertiary alicyclic amines) is 2. The summed E-state index contributed by atoms with van der Waals surface area (Å²) in [7, 11) is 1.53. The summed E-state index contributed by atoms with van der Waals surface area (Å²) in [6, 6.07) is 47.2. The van der Waals surface area contributed by atoms with Crippen LogP contribution in [0.5, 0.6) is 51.7 Å². The van der Waals surface area contributed by atoms with E-state index in [0.29, 0.717) is 151 Å². The van der Waals surface area contributed by atoms with Crippen LogP contribution < -0.4 is 47.9 Å². The second-order valence-electron chi connectivity index (χ2n) is 33.0. The van der Waals surface area contributed by atoms with E-state index < -0.39 is 30.0 Å². The molecule has 0 saturated carbocycles. The number of nitrogens with zero attached hydrogens (tertiary/aromatic N) is 10. The van der Waals surface area contributed by atoms with Gasteiger partial charge in [0.1, 0.15) is 123 Å². The maximum absolute atomic E-state index is 12.2. The highest BCUT2D eigenvalue weighted by atomic mass is 35.5. The van der Waals surface area contributed by atoms with Crippen LogP contribution >= 0.6 is 86.9 Å². The average molecular weight is 2030 g/mol. The number of nitrogens with one attached hydrogen (secondary N) is 1. The van der Waals surface area contributed by atoms with Crippen LogP contribution in [0.4, 0.5) is 11.4 Å². The number of pyridine rings is 4. The van der Waals surface area contributed by atoms with E-state index in [1.165, 1.54) is 38.0 Å². The molecule has 3 aliphatic rings. The number of aliphatic carboxylic acids is 3. The molecule has 12 aromatic rings. The Kier molecular flexibility index (Phi) is 41.3. The summed E-state index contributed by atoms with van der Waals surface area (Å²) < 4.78 is 55.5. The summed E-state index contributed by atoms with van der Waals surface area (Å²) in [6.45, 7) is 26.9. The molecular weight excluding hydrogens is 1920 g/mol. The standard InChI is InChI=1S/C56H54Cl2N6O8.C44H34Cl2N4O6.C6H11NO2.3H2S/c1-35-40(33-71-53-22-51(69-31-38-18-37(24-59)25-61-26-38)42(20-47(53)57)29-63-16-6-4-14-49(63)55(65)66)10-8-12-45(35)46-13-9-11-41(36(46)2)34-72-54-23-52(70-32-39-19-44(60-3)28-62-27-39)43(21-48(54)58)30-64-17-7-5-15-50(64)56(67)68;1-27-32(25-55-41-15-40(34(22-51)13-38(41)45)53-24-31-12-35(48-3)21-50-20-31)7-5-9-36(27)37-10-6-8-33(28(37)2)26-56-42-16-44(43(52-4)14-39(42)46)54-23-30-11-29(17-47)18-49-19-30;8-6(9)5-3-1-2-4-7-5;;;/h8-13,18-23,25-28,49-50H,4-7,14-17,29-34H2,1-2H3,(H,65,66)(H,67,68);5-16,18-22H,23-26H2,1-2,4H3;5,7H,1-4H2,(H,8,9);3*1H2/t49-,50-;;5-;;;/m0.0.../s1. The molecule has 726 valence electrons. The molecule has 8 aromatic carbocycles. The number of ether oxygens (including phenoxy) is 9. The van der Waals surface area contributed by atoms with E-state index in [1.807, 2.05) is 72.2 Å². The van der Waals surface area contributed by atoms with E-state index in [9.17, 15) is 39.9 Å². The number of piperidine rings is 3. The molecule has 0 unspecified atom stereocenters. The number of aldehydes is 1. The Hall–Kier alpha value is -13.3. The van der Waals surface area contributed by atoms with Crippen molar-refractivity contribution in [1.29, 1.82) is 10.5 Å². The molecule has 140 heavy (non-hydrogen) atoms. The van der Waals surface area contributed by atoms with E-state index in [4.69, 9.17) is 107 Å². The third kappa shape index (κ3) is 29.0. The Labute approximate surface area is 854 Å². The lowest BCUT2D eigenvalue weighted by Crippen LogP contribution is -2.44. The first-order valence-electron chi connectivity index (χ1n) is 44.3. The van der Waals surface area contributed by atoms with Gasteiger partial charge in [0.05, 0.1) is 57.0 Å². The van der Waals surface area contributed by atoms with Gasteiger partial charge in [0, 0.05) is 115 Å². The molecule has 0 radical (unpaired) electrons. The average Bonchev–Trinajstić information content (AvgIpc) is 0.793. The van der Waals surface area contributed by atoms with E-state index in [0.717, 1.165) is 135 Å². The molecule has 7 heterocycles. The number of carbonyl (C=O) groups is 4. The number of halogens is 4. The van der Waals surface area contributed by atoms with Crippen LogP contribution in [0, 0.1) is 63.5 Å². The van der Waals surface area contributed by atoms with Gasteiger partial charge in [-0.15, -0.1) is 0 Å². The number of methoxy groups -OCH3 is 1. The molecule has 0 spiro atoms. The van der Waals surface area contributed by atoms with E-state index in [1.54, 1.807) is 91.5 Å². The van der Waals surface area contributed by atoms with Crippen molar-refractivity contribution in [1.82, 2.24) is 35.1 Å². The van der Waals surface area contributed by atoms with Gasteiger partial charge >= 0.3 is 17.9 Å². The Balaban J connectivity index is 0.000000265. The van der Waals surface area contributed by atoms with Gasteiger partial charge in [-0.25, -0.2) is 9.69 Å². The van der Waals surface area contributed by atoms with Gasteiger partial charge in [-0.2, -0.15) is 51.0 Å². The first-order valence-corrected chi connectivity index (χ1v) is 45.8. The van der Waals surface area contributed by atoms with Gasteiger partial charge in [-0.3, -0.25) is 48.9 Å². The minimum Gasteiger partial charge on any atom is -0.493 e. The van der Waals surface area contributed by atoms with Crippen molar-refractivity contribution in [3.05, 3.63) is 333 Å². The zero-order valence-corrected chi connectivity index (χ0v) is 83.5. The SMILES string of the molecule is O=C(O)[C@@H]1CCCCN1.S.S.S.[C-]#[N+]c1cncc(COc2cc(OCc3cccc(-c4cccc(COc5cc(OCc6cncc(C#N)c6)c(CN6CCCC[C@H]6C(=O)O)cc5Cl)c4C)c3C)c(Cl)cc2CN2CCCC[C@H]2C(=O)O)c1.[C-]#[N+]c1cncc(COc2cc(OCc3cccc(-c4cccc(COc5cc(OCc6cncc(C#N)c6)c(OC)cc5Cl)c4C)c3C)c(Cl)cc2C=O)c1. The van der Waals surface area contributed by atoms with Crippen LogP contribution in [0.25, 0.3) is 31.9 Å². The van der Waals surface area contributed by atoms with Crippen molar-refractivity contribution in [2.45, 2.75) is 170 Å². The molecule has 3 fully saturated rings. The summed E-state index contributed by atoms with van der Waals surface area (Å²) in [6.07, 6.45) is 20.7. The maximum atomic E-state index is 12.2. The molecule has 4 aromatic heterocycles. The lowest BCUT2D eigenvalue weighted by molar-refractivity contribution is -0.145. The number of rotatable bonds is 35. The quantitative estimate of drug-likeness (QED) is 0.0212. The van der Waals surface area contributed by atoms with Gasteiger partial charge in [-0.1, -0.05) is 138 Å². The number of carboxylic acid groups (broad SMARTS) is 3. The summed E-state index contributed by atoms with van der Waals surface area (Å²) in [5.74, 6) is 1.30. The fraction of sp³-hybridized carbons (Fsp3) is 0.283. The summed E-state index contributed by atoms with van der Waals surface area (Å²) in [4.78, 5) is 73.8. The topological polar surface area (TPSA) is 338 Å². The van der Waals surface area contributed by atoms with Crippen molar-refractivity contribution >= 4 is 122 Å². The van der Waals surface area contributed by atoms with E-state index >= 15 is 0 Å². The second-order valence-corrected chi connectivity index (χ2v) is 34.6. The highest BCUT2D eigenvalue weighted by Gasteiger charge is 2.33. The van der Waals surface area contributed by atoms with E-state index in [-0.39, 0.29) is 110 Å². The predicted octanol–water partition coefficient (Wildman–Crippen LogP) is 22.9. The highest BCUT2D eigenvalue weighted by Crippen LogP contribution is 2.44. The number of hydrogen-bond donors (Lipinski definition) is 4. The first kappa shape index (κ1) is 109. The number of carboxylic acids is 3. The van der Waals surface area contributed by atoms with E-state index in [2.05, 4.69) is 85.2 Å². The van der Waals surface area contributed by atoms with Crippen LogP contribution in [0.3, 0.4) is 0 Å². The molecule has 3 atom stereocenters. The third-order valence-corrected chi connectivity index (χ3v) is 25.1. The number of benzene rings is 8. The summed E-state index contributed by atoms with van der Waals surface area (Å²) in [5.41, 5.74) is 18.1. The van der Waals surface area contributed by atoms with Gasteiger partial charge in [0.2, 0.25) is 11.4 Å². The van der Waals surface area contributed by atoms with Crippen molar-refractivity contribution in [3.63, 3.8) is 0 Å². The zero-order valence-electron chi connectivity index (χ0n) is 77.5. The van der Waals surface area contributed by atoms with Gasteiger partial charge in [0.25, 0.3) is 0 Å². The number of carbonyl (C=O) groups excluding carboxylic acids is 1. The van der Waals surface area contributed by atoms with Crippen molar-refractivity contribution in [3.8, 4) is 86.1 Å². The molecule has 0 bridgehead atoms. The molecule has 15 rings (SSSR count). The fourth-order valence-electron chi connectivity index (χ4n) is 16.4. The minimum atomic E-state index is -0.859. The molecule has 3 aliphatic heterocycles. The van der Waals surface area contributed by atoms with Crippen molar-refractivity contribution < 1.29 is 77.1 Å². The Morgan fingerprint density at radius 3 is 1.11 bits per heavy atom. The Bertz CT molecular complexity index is 6390. The van der Waals surface area contributed by atoms with Crippen LogP contribution in [0.2, 0.25) is 20.1 Å². The fourth-order valence-corrected chi connectivity index (χ4v) is 17.3. The number of nitriles is 2. The van der Waals surface area contributed by atoms with Crippen LogP contribution in [-0.4, -0.2) is 114 Å². The van der Waals surface area contributed by atoms with Crippen LogP contribution in [-0.2, 0) is 80.3 Å². The zero-order chi connectivity index (χ0) is 97.0. The molecule has 4 N–H and O–H groups in total.